The third-order valence-corrected chi connectivity index (χ3v) is 4.91. The summed E-state index contributed by atoms with van der Waals surface area (Å²) in [6.07, 6.45) is 0.543. The second kappa shape index (κ2) is 4.53. The first-order valence-electron chi connectivity index (χ1n) is 5.64. The fourth-order valence-electron chi connectivity index (χ4n) is 1.95. The molecule has 0 radical (unpaired) electrons. The maximum Gasteiger partial charge on any atom is 0.167 e. The van der Waals surface area contributed by atoms with E-state index in [0.717, 1.165) is 5.56 Å². The van der Waals surface area contributed by atoms with Crippen molar-refractivity contribution in [2.75, 3.05) is 16.8 Å². The van der Waals surface area contributed by atoms with E-state index < -0.39 is 9.84 Å². The van der Waals surface area contributed by atoms with Crippen molar-refractivity contribution in [3.63, 3.8) is 0 Å². The summed E-state index contributed by atoms with van der Waals surface area (Å²) < 4.78 is 22.7. The Morgan fingerprint density at radius 3 is 2.67 bits per heavy atom. The van der Waals surface area contributed by atoms with Crippen molar-refractivity contribution >= 4 is 15.7 Å². The Morgan fingerprint density at radius 1 is 1.39 bits per heavy atom. The summed E-state index contributed by atoms with van der Waals surface area (Å²) in [6, 6.07) is 1.90. The molecule has 7 heteroatoms. The monoisotopic (exact) mass is 266 g/mol. The Hall–Kier alpha value is -1.68. The van der Waals surface area contributed by atoms with Gasteiger partial charge in [0.1, 0.15) is 11.6 Å². The molecule has 1 aromatic heterocycles. The van der Waals surface area contributed by atoms with Crippen LogP contribution in [-0.4, -0.2) is 36.2 Å². The van der Waals surface area contributed by atoms with Gasteiger partial charge in [-0.1, -0.05) is 0 Å². The van der Waals surface area contributed by atoms with Crippen molar-refractivity contribution in [1.29, 1.82) is 5.26 Å². The van der Waals surface area contributed by atoms with Crippen molar-refractivity contribution in [3.8, 4) is 6.07 Å². The molecule has 96 valence electrons. The first-order valence-corrected chi connectivity index (χ1v) is 7.46. The molecule has 0 aliphatic carbocycles. The van der Waals surface area contributed by atoms with Crippen LogP contribution in [-0.2, 0) is 9.84 Å². The average Bonchev–Trinajstić information content (AvgIpc) is 2.64. The zero-order valence-electron chi connectivity index (χ0n) is 10.3. The van der Waals surface area contributed by atoms with Crippen LogP contribution in [0.2, 0.25) is 0 Å². The van der Waals surface area contributed by atoms with E-state index in [0.29, 0.717) is 23.5 Å². The van der Waals surface area contributed by atoms with Gasteiger partial charge in [-0.15, -0.1) is 5.10 Å². The highest BCUT2D eigenvalue weighted by molar-refractivity contribution is 7.91. The number of aryl methyl sites for hydroxylation is 1. The molecule has 1 aromatic rings. The zero-order chi connectivity index (χ0) is 13.3. The summed E-state index contributed by atoms with van der Waals surface area (Å²) in [5, 5.41) is 20.0. The number of nitriles is 1. The number of anilines is 1. The highest BCUT2D eigenvalue weighted by Gasteiger charge is 2.28. The van der Waals surface area contributed by atoms with E-state index in [9.17, 15) is 8.42 Å². The minimum atomic E-state index is -2.95. The maximum atomic E-state index is 11.4. The number of hydrogen-bond donors (Lipinski definition) is 1. The summed E-state index contributed by atoms with van der Waals surface area (Å²) >= 11 is 0. The lowest BCUT2D eigenvalue weighted by Gasteiger charge is -2.13. The van der Waals surface area contributed by atoms with Gasteiger partial charge in [-0.25, -0.2) is 8.42 Å². The van der Waals surface area contributed by atoms with Gasteiger partial charge in [0, 0.05) is 6.04 Å². The lowest BCUT2D eigenvalue weighted by molar-refractivity contribution is 0.602. The molecule has 1 aliphatic rings. The molecule has 0 amide bonds. The minimum Gasteiger partial charge on any atom is -0.364 e. The number of rotatable bonds is 2. The summed E-state index contributed by atoms with van der Waals surface area (Å²) in [7, 11) is -2.95. The minimum absolute atomic E-state index is 0.0898. The van der Waals surface area contributed by atoms with Gasteiger partial charge in [0.25, 0.3) is 0 Å². The second-order valence-electron chi connectivity index (χ2n) is 4.49. The molecular formula is C11H14N4O2S. The van der Waals surface area contributed by atoms with Gasteiger partial charge in [-0.05, 0) is 25.8 Å². The molecule has 0 aromatic carbocycles. The fraction of sp³-hybridized carbons (Fsp3) is 0.545. The van der Waals surface area contributed by atoms with E-state index in [2.05, 4.69) is 21.6 Å². The molecule has 1 aliphatic heterocycles. The molecule has 6 nitrogen and oxygen atoms in total. The van der Waals surface area contributed by atoms with Crippen LogP contribution in [0.15, 0.2) is 0 Å². The number of sulfone groups is 1. The maximum absolute atomic E-state index is 11.4. The predicted molar refractivity (Wildman–Crippen MR) is 66.9 cm³/mol. The van der Waals surface area contributed by atoms with E-state index in [-0.39, 0.29) is 17.5 Å². The molecule has 1 fully saturated rings. The van der Waals surface area contributed by atoms with Crippen LogP contribution < -0.4 is 5.32 Å². The number of nitrogens with one attached hydrogen (secondary N) is 1. The van der Waals surface area contributed by atoms with Crippen molar-refractivity contribution in [3.05, 3.63) is 16.8 Å². The normalized spacial score (nSPS) is 21.5. The van der Waals surface area contributed by atoms with Gasteiger partial charge in [-0.3, -0.25) is 0 Å². The summed E-state index contributed by atoms with van der Waals surface area (Å²) in [5.41, 5.74) is 1.92. The second-order valence-corrected chi connectivity index (χ2v) is 6.72. The van der Waals surface area contributed by atoms with Crippen molar-refractivity contribution in [2.24, 2.45) is 0 Å². The Balaban J connectivity index is 2.26. The van der Waals surface area contributed by atoms with E-state index in [1.54, 1.807) is 13.8 Å². The quantitative estimate of drug-likeness (QED) is 0.840. The molecular weight excluding hydrogens is 252 g/mol. The molecule has 0 bridgehead atoms. The molecule has 2 rings (SSSR count). The van der Waals surface area contributed by atoms with Gasteiger partial charge in [0.2, 0.25) is 0 Å². The van der Waals surface area contributed by atoms with Crippen LogP contribution in [0.4, 0.5) is 5.82 Å². The molecule has 18 heavy (non-hydrogen) atoms. The highest BCUT2D eigenvalue weighted by atomic mass is 32.2. The third kappa shape index (κ3) is 2.43. The molecule has 0 saturated carbocycles. The van der Waals surface area contributed by atoms with Crippen LogP contribution in [0.5, 0.6) is 0 Å². The average molecular weight is 266 g/mol. The van der Waals surface area contributed by atoms with Gasteiger partial charge in [-0.2, -0.15) is 10.4 Å². The summed E-state index contributed by atoms with van der Waals surface area (Å²) in [5.74, 6) is 0.653. The SMILES string of the molecule is Cc1nnc(NC2CCS(=O)(=O)C2)c(C#N)c1C. The van der Waals surface area contributed by atoms with E-state index >= 15 is 0 Å². The Kier molecular flexibility index (Phi) is 3.22. The van der Waals surface area contributed by atoms with Crippen molar-refractivity contribution in [1.82, 2.24) is 10.2 Å². The zero-order valence-corrected chi connectivity index (χ0v) is 11.1. The van der Waals surface area contributed by atoms with Gasteiger partial charge in [0.05, 0.1) is 17.2 Å². The van der Waals surface area contributed by atoms with Crippen LogP contribution in [0.1, 0.15) is 23.2 Å². The smallest absolute Gasteiger partial charge is 0.167 e. The Bertz CT molecular complexity index is 619. The van der Waals surface area contributed by atoms with Gasteiger partial charge >= 0.3 is 0 Å². The standard InChI is InChI=1S/C11H14N4O2S/c1-7-8(2)14-15-11(10(7)5-12)13-9-3-4-18(16,17)6-9/h9H,3-4,6H2,1-2H3,(H,13,15). The molecule has 1 saturated heterocycles. The molecule has 1 unspecified atom stereocenters. The Morgan fingerprint density at radius 2 is 2.11 bits per heavy atom. The first kappa shape index (κ1) is 12.8. The number of aromatic nitrogens is 2. The van der Waals surface area contributed by atoms with Gasteiger partial charge < -0.3 is 5.32 Å². The highest BCUT2D eigenvalue weighted by Crippen LogP contribution is 2.21. The number of nitrogens with zero attached hydrogens (tertiary/aromatic N) is 3. The Labute approximate surface area is 106 Å². The van der Waals surface area contributed by atoms with Crippen LogP contribution >= 0.6 is 0 Å². The molecule has 1 atom stereocenters. The molecule has 0 spiro atoms. The largest absolute Gasteiger partial charge is 0.364 e. The van der Waals surface area contributed by atoms with Crippen LogP contribution in [0, 0.1) is 25.2 Å². The molecule has 2 heterocycles. The van der Waals surface area contributed by atoms with Crippen LogP contribution in [0.3, 0.4) is 0 Å². The van der Waals surface area contributed by atoms with Crippen LogP contribution in [0.25, 0.3) is 0 Å². The molecule has 1 N–H and O–H groups in total. The third-order valence-electron chi connectivity index (χ3n) is 3.14. The van der Waals surface area contributed by atoms with E-state index in [4.69, 9.17) is 5.26 Å². The van der Waals surface area contributed by atoms with E-state index in [1.807, 2.05) is 0 Å². The topological polar surface area (TPSA) is 95.7 Å². The predicted octanol–water partition coefficient (Wildman–Crippen LogP) is 0.564. The first-order chi connectivity index (χ1) is 8.43. The summed E-state index contributed by atoms with van der Waals surface area (Å²) in [6.45, 7) is 3.59. The number of hydrogen-bond acceptors (Lipinski definition) is 6. The van der Waals surface area contributed by atoms with Gasteiger partial charge in [0.15, 0.2) is 15.7 Å². The van der Waals surface area contributed by atoms with Crippen molar-refractivity contribution < 1.29 is 8.42 Å². The van der Waals surface area contributed by atoms with E-state index in [1.165, 1.54) is 0 Å². The summed E-state index contributed by atoms with van der Waals surface area (Å²) in [4.78, 5) is 0. The van der Waals surface area contributed by atoms with Crippen molar-refractivity contribution in [2.45, 2.75) is 26.3 Å². The lowest BCUT2D eigenvalue weighted by atomic mass is 10.1. The lowest BCUT2D eigenvalue weighted by Crippen LogP contribution is -2.22. The fourth-order valence-corrected chi connectivity index (χ4v) is 3.62.